The Morgan fingerprint density at radius 1 is 1.00 bits per heavy atom. The number of aromatic nitrogens is 2. The monoisotopic (exact) mass is 308 g/mol. The van der Waals surface area contributed by atoms with Crippen molar-refractivity contribution in [2.45, 2.75) is 6.92 Å². The van der Waals surface area contributed by atoms with Crippen LogP contribution in [0.4, 0.5) is 4.39 Å². The number of nitrogens with one attached hydrogen (secondary N) is 1. The molecule has 0 amide bonds. The number of thiophene rings is 1. The van der Waals surface area contributed by atoms with Crippen LogP contribution < -0.4 is 0 Å². The summed E-state index contributed by atoms with van der Waals surface area (Å²) in [6.07, 6.45) is 3.62. The van der Waals surface area contributed by atoms with E-state index in [1.54, 1.807) is 29.7 Å². The van der Waals surface area contributed by atoms with E-state index in [-0.39, 0.29) is 5.82 Å². The van der Waals surface area contributed by atoms with E-state index in [1.807, 2.05) is 18.3 Å². The number of aromatic amines is 1. The number of hydrogen-bond acceptors (Lipinski definition) is 2. The molecule has 4 heteroatoms. The maximum absolute atomic E-state index is 14.2. The lowest BCUT2D eigenvalue weighted by Crippen LogP contribution is -1.85. The van der Waals surface area contributed by atoms with Crippen LogP contribution in [0.1, 0.15) is 4.88 Å². The van der Waals surface area contributed by atoms with Gasteiger partial charge in [0.1, 0.15) is 11.5 Å². The summed E-state index contributed by atoms with van der Waals surface area (Å²) in [6.45, 7) is 2.08. The van der Waals surface area contributed by atoms with Gasteiger partial charge in [0.05, 0.1) is 0 Å². The van der Waals surface area contributed by atoms with Crippen molar-refractivity contribution in [3.8, 4) is 21.6 Å². The van der Waals surface area contributed by atoms with Crippen molar-refractivity contribution < 1.29 is 4.39 Å². The summed E-state index contributed by atoms with van der Waals surface area (Å²) in [5.41, 5.74) is 3.31. The number of benzene rings is 1. The Hall–Kier alpha value is -2.46. The summed E-state index contributed by atoms with van der Waals surface area (Å²) >= 11 is 1.73. The Balaban J connectivity index is 2.04. The van der Waals surface area contributed by atoms with Crippen LogP contribution in [0.2, 0.25) is 0 Å². The van der Waals surface area contributed by atoms with Gasteiger partial charge in [-0.2, -0.15) is 0 Å². The Morgan fingerprint density at radius 3 is 2.64 bits per heavy atom. The second-order valence-electron chi connectivity index (χ2n) is 5.17. The van der Waals surface area contributed by atoms with Gasteiger partial charge < -0.3 is 4.98 Å². The third kappa shape index (κ3) is 2.04. The van der Waals surface area contributed by atoms with E-state index < -0.39 is 0 Å². The maximum atomic E-state index is 14.2. The van der Waals surface area contributed by atoms with E-state index in [1.165, 1.54) is 15.8 Å². The lowest BCUT2D eigenvalue weighted by molar-refractivity contribution is 0.631. The van der Waals surface area contributed by atoms with Gasteiger partial charge in [-0.1, -0.05) is 18.2 Å². The van der Waals surface area contributed by atoms with Crippen molar-refractivity contribution in [1.82, 2.24) is 9.97 Å². The standard InChI is InChI=1S/C18H13FN2S/c1-11-6-7-16(22-11)13-8-9-20-18-17(13)14(10-21-18)12-4-2-3-5-15(12)19/h2-10H,1H3,(H,20,21). The van der Waals surface area contributed by atoms with Gasteiger partial charge in [-0.15, -0.1) is 11.3 Å². The average molecular weight is 308 g/mol. The number of halogens is 1. The molecule has 1 aromatic carbocycles. The molecular formula is C18H13FN2S. The molecule has 0 aliphatic carbocycles. The molecule has 0 aliphatic rings. The van der Waals surface area contributed by atoms with Gasteiger partial charge in [0, 0.05) is 44.2 Å². The fraction of sp³-hybridized carbons (Fsp3) is 0.0556. The third-order valence-electron chi connectivity index (χ3n) is 3.74. The minimum atomic E-state index is -0.222. The number of rotatable bonds is 2. The van der Waals surface area contributed by atoms with Crippen LogP contribution in [-0.4, -0.2) is 9.97 Å². The summed E-state index contributed by atoms with van der Waals surface area (Å²) < 4.78 is 14.2. The van der Waals surface area contributed by atoms with E-state index in [4.69, 9.17) is 0 Å². The summed E-state index contributed by atoms with van der Waals surface area (Å²) in [6, 6.07) is 13.0. The molecule has 22 heavy (non-hydrogen) atoms. The molecule has 2 nitrogen and oxygen atoms in total. The molecule has 3 heterocycles. The van der Waals surface area contributed by atoms with Crippen LogP contribution in [-0.2, 0) is 0 Å². The molecule has 0 unspecified atom stereocenters. The lowest BCUT2D eigenvalue weighted by Gasteiger charge is -2.05. The SMILES string of the molecule is Cc1ccc(-c2ccnc3[nH]cc(-c4ccccc4F)c23)s1. The van der Waals surface area contributed by atoms with Crippen molar-refractivity contribution in [2.24, 2.45) is 0 Å². The highest BCUT2D eigenvalue weighted by atomic mass is 32.1. The Morgan fingerprint density at radius 2 is 1.86 bits per heavy atom. The summed E-state index contributed by atoms with van der Waals surface area (Å²) in [7, 11) is 0. The minimum Gasteiger partial charge on any atom is -0.345 e. The zero-order chi connectivity index (χ0) is 15.1. The summed E-state index contributed by atoms with van der Waals surface area (Å²) in [5, 5.41) is 0.967. The zero-order valence-electron chi connectivity index (χ0n) is 11.9. The number of H-pyrrole nitrogens is 1. The van der Waals surface area contributed by atoms with Gasteiger partial charge in [0.15, 0.2) is 0 Å². The maximum Gasteiger partial charge on any atom is 0.138 e. The average Bonchev–Trinajstić information content (AvgIpc) is 3.14. The highest BCUT2D eigenvalue weighted by Crippen LogP contribution is 2.38. The third-order valence-corrected chi connectivity index (χ3v) is 4.78. The molecular weight excluding hydrogens is 295 g/mol. The molecule has 0 bridgehead atoms. The van der Waals surface area contributed by atoms with Crippen LogP contribution >= 0.6 is 11.3 Å². The second kappa shape index (κ2) is 5.07. The predicted octanol–water partition coefficient (Wildman–Crippen LogP) is 5.41. The summed E-state index contributed by atoms with van der Waals surface area (Å²) in [4.78, 5) is 9.96. The Bertz CT molecular complexity index is 968. The van der Waals surface area contributed by atoms with Crippen LogP contribution in [0.25, 0.3) is 32.6 Å². The molecule has 0 fully saturated rings. The van der Waals surface area contributed by atoms with E-state index in [0.29, 0.717) is 5.56 Å². The molecule has 0 radical (unpaired) electrons. The molecule has 108 valence electrons. The molecule has 3 aromatic heterocycles. The topological polar surface area (TPSA) is 28.7 Å². The van der Waals surface area contributed by atoms with Gasteiger partial charge in [-0.3, -0.25) is 0 Å². The van der Waals surface area contributed by atoms with Crippen molar-refractivity contribution in [3.05, 3.63) is 65.6 Å². The van der Waals surface area contributed by atoms with Gasteiger partial charge >= 0.3 is 0 Å². The Kier molecular flexibility index (Phi) is 3.05. The largest absolute Gasteiger partial charge is 0.345 e. The van der Waals surface area contributed by atoms with E-state index >= 15 is 0 Å². The molecule has 0 aliphatic heterocycles. The number of pyridine rings is 1. The molecule has 0 saturated heterocycles. The van der Waals surface area contributed by atoms with Crippen molar-refractivity contribution >= 4 is 22.4 Å². The van der Waals surface area contributed by atoms with Gasteiger partial charge in [0.25, 0.3) is 0 Å². The first-order valence-electron chi connectivity index (χ1n) is 7.02. The first kappa shape index (κ1) is 13.2. The minimum absolute atomic E-state index is 0.222. The molecule has 0 saturated carbocycles. The van der Waals surface area contributed by atoms with Gasteiger partial charge in [0.2, 0.25) is 0 Å². The first-order valence-corrected chi connectivity index (χ1v) is 7.83. The number of nitrogens with zero attached hydrogens (tertiary/aromatic N) is 1. The molecule has 4 rings (SSSR count). The molecule has 0 atom stereocenters. The lowest BCUT2D eigenvalue weighted by atomic mass is 10.0. The van der Waals surface area contributed by atoms with Crippen molar-refractivity contribution in [1.29, 1.82) is 0 Å². The van der Waals surface area contributed by atoms with Crippen LogP contribution in [0.5, 0.6) is 0 Å². The van der Waals surface area contributed by atoms with Crippen LogP contribution in [0.15, 0.2) is 54.9 Å². The molecule has 0 spiro atoms. The number of aryl methyl sites for hydroxylation is 1. The van der Waals surface area contributed by atoms with E-state index in [2.05, 4.69) is 29.0 Å². The molecule has 1 N–H and O–H groups in total. The smallest absolute Gasteiger partial charge is 0.138 e. The predicted molar refractivity (Wildman–Crippen MR) is 89.5 cm³/mol. The van der Waals surface area contributed by atoms with Crippen LogP contribution in [0.3, 0.4) is 0 Å². The van der Waals surface area contributed by atoms with E-state index in [9.17, 15) is 4.39 Å². The second-order valence-corrected chi connectivity index (χ2v) is 6.46. The van der Waals surface area contributed by atoms with Gasteiger partial charge in [-0.05, 0) is 31.2 Å². The Labute approximate surface area is 131 Å². The van der Waals surface area contributed by atoms with Crippen LogP contribution in [0, 0.1) is 12.7 Å². The number of hydrogen-bond donors (Lipinski definition) is 1. The van der Waals surface area contributed by atoms with E-state index in [0.717, 1.165) is 22.2 Å². The zero-order valence-corrected chi connectivity index (χ0v) is 12.7. The first-order chi connectivity index (χ1) is 10.7. The fourth-order valence-corrected chi connectivity index (χ4v) is 3.63. The normalized spacial score (nSPS) is 11.2. The highest BCUT2D eigenvalue weighted by molar-refractivity contribution is 7.15. The quantitative estimate of drug-likeness (QED) is 0.527. The van der Waals surface area contributed by atoms with Crippen molar-refractivity contribution in [3.63, 3.8) is 0 Å². The molecule has 4 aromatic rings. The van der Waals surface area contributed by atoms with Gasteiger partial charge in [-0.25, -0.2) is 9.37 Å². The highest BCUT2D eigenvalue weighted by Gasteiger charge is 2.15. The fourth-order valence-electron chi connectivity index (χ4n) is 2.73. The van der Waals surface area contributed by atoms with Crippen molar-refractivity contribution in [2.75, 3.05) is 0 Å². The number of fused-ring (bicyclic) bond motifs is 1. The summed E-state index contributed by atoms with van der Waals surface area (Å²) in [5.74, 6) is -0.222.